The number of hydrogen-bond acceptors (Lipinski definition) is 12. The van der Waals surface area contributed by atoms with E-state index in [1.807, 2.05) is 60.7 Å². The Hall–Kier alpha value is -5.39. The monoisotopic (exact) mass is 886 g/mol. The molecule has 3 unspecified atom stereocenters. The highest BCUT2D eigenvalue weighted by molar-refractivity contribution is 6.97. The molecule has 1 aliphatic heterocycles. The Labute approximate surface area is 354 Å². The van der Waals surface area contributed by atoms with Crippen LogP contribution in [0.15, 0.2) is 91.0 Å². The highest BCUT2D eigenvalue weighted by atomic mass is 35.5. The predicted molar refractivity (Wildman–Crippen MR) is 216 cm³/mol. The first kappa shape index (κ1) is 54.6. The van der Waals surface area contributed by atoms with E-state index in [2.05, 4.69) is 23.2 Å². The fourth-order valence-corrected chi connectivity index (χ4v) is 4.36. The summed E-state index contributed by atoms with van der Waals surface area (Å²) in [7, 11) is 0. The summed E-state index contributed by atoms with van der Waals surface area (Å²) in [6, 6.07) is 21.9. The highest BCUT2D eigenvalue weighted by Crippen LogP contribution is 2.33. The topological polar surface area (TPSA) is 222 Å². The van der Waals surface area contributed by atoms with Gasteiger partial charge in [-0.05, 0) is 77.9 Å². The lowest BCUT2D eigenvalue weighted by molar-refractivity contribution is -0.182. The Morgan fingerprint density at radius 2 is 1.38 bits per heavy atom. The second kappa shape index (κ2) is 28.9. The van der Waals surface area contributed by atoms with Crippen molar-refractivity contribution in [3.05, 3.63) is 119 Å². The number of carboxylic acids is 1. The lowest BCUT2D eigenvalue weighted by Gasteiger charge is -2.24. The summed E-state index contributed by atoms with van der Waals surface area (Å²) < 4.78 is 50.1. The number of aliphatic hydroxyl groups excluding tert-OH is 3. The molecule has 0 saturated heterocycles. The zero-order valence-electron chi connectivity index (χ0n) is 33.0. The molecule has 0 fully saturated rings. The fourth-order valence-electron chi connectivity index (χ4n) is 4.36. The van der Waals surface area contributed by atoms with Crippen molar-refractivity contribution >= 4 is 63.5 Å². The van der Waals surface area contributed by atoms with Crippen LogP contribution >= 0.6 is 23.2 Å². The number of phenols is 1. The van der Waals surface area contributed by atoms with Gasteiger partial charge in [0.15, 0.2) is 5.78 Å². The number of carbonyl (C=O) groups excluding carboxylic acids is 5. The quantitative estimate of drug-likeness (QED) is 0.0957. The first-order valence-corrected chi connectivity index (χ1v) is 18.7. The Balaban J connectivity index is 0.000000907. The fraction of sp³-hybridized carbons (Fsp3) is 0.333. The van der Waals surface area contributed by atoms with Gasteiger partial charge in [-0.15, -0.1) is 0 Å². The molecule has 4 rings (SSSR count). The zero-order valence-corrected chi connectivity index (χ0v) is 34.5. The molecule has 0 spiro atoms. The Kier molecular flexibility index (Phi) is 26.3. The Morgan fingerprint density at radius 3 is 1.82 bits per heavy atom. The van der Waals surface area contributed by atoms with Crippen LogP contribution < -0.4 is 0 Å². The van der Waals surface area contributed by atoms with Crippen LogP contribution in [0.5, 0.6) is 5.75 Å². The van der Waals surface area contributed by atoms with Gasteiger partial charge < -0.3 is 35.0 Å². The average Bonchev–Trinajstić information content (AvgIpc) is 3.20. The van der Waals surface area contributed by atoms with Gasteiger partial charge >= 0.3 is 34.6 Å². The van der Waals surface area contributed by atoms with Gasteiger partial charge in [-0.1, -0.05) is 98.8 Å². The largest absolute Gasteiger partial charge is 0.507 e. The third kappa shape index (κ3) is 22.7. The molecule has 60 heavy (non-hydrogen) atoms. The molecule has 328 valence electrons. The summed E-state index contributed by atoms with van der Waals surface area (Å²) in [6.45, 7) is 6.54. The minimum atomic E-state index is -4.85. The summed E-state index contributed by atoms with van der Waals surface area (Å²) in [5.41, 5.74) is 2.39. The molecule has 3 aromatic rings. The number of esters is 2. The van der Waals surface area contributed by atoms with Crippen molar-refractivity contribution in [3.63, 3.8) is 0 Å². The van der Waals surface area contributed by atoms with Crippen LogP contribution in [0.2, 0.25) is 0 Å². The zero-order chi connectivity index (χ0) is 46.0. The number of phenolic OH excluding ortho intramolecular Hbond substituents is 1. The average molecular weight is 888 g/mol. The van der Waals surface area contributed by atoms with E-state index in [1.54, 1.807) is 20.8 Å². The number of benzene rings is 3. The van der Waals surface area contributed by atoms with Crippen LogP contribution in [-0.2, 0) is 46.7 Å². The molecule has 0 aromatic heterocycles. The predicted octanol–water partition coefficient (Wildman–Crippen LogP) is 7.01. The van der Waals surface area contributed by atoms with E-state index in [0.717, 1.165) is 18.1 Å². The van der Waals surface area contributed by atoms with E-state index in [-0.39, 0.29) is 36.5 Å². The summed E-state index contributed by atoms with van der Waals surface area (Å²) in [4.78, 5) is 63.4. The number of ether oxygens (including phenoxy) is 2. The van der Waals surface area contributed by atoms with Gasteiger partial charge in [-0.3, -0.25) is 24.0 Å². The number of halogens is 5. The van der Waals surface area contributed by atoms with Crippen LogP contribution in [0.4, 0.5) is 13.2 Å². The SMILES string of the molecule is CCC(=O)O.CCC(=O)OCc1ccccc1.Cc1cc(O)c2c(c1)/C=C/C[C@H](O)C(O)C(=O)/C=C\C(C(F)(F)F)C(C)OC2=O.O=C(Cl)C(=O)Cl.OCc1ccccc1. The number of rotatable bonds is 6. The van der Waals surface area contributed by atoms with Gasteiger partial charge in [0.25, 0.3) is 0 Å². The first-order valence-electron chi connectivity index (χ1n) is 17.9. The minimum Gasteiger partial charge on any atom is -0.507 e. The number of carbonyl (C=O) groups is 6. The normalized spacial score (nSPS) is 18.4. The number of ketones is 1. The van der Waals surface area contributed by atoms with Gasteiger partial charge in [0, 0.05) is 12.8 Å². The molecule has 18 heteroatoms. The van der Waals surface area contributed by atoms with Crippen molar-refractivity contribution in [2.24, 2.45) is 5.92 Å². The van der Waals surface area contributed by atoms with Gasteiger partial charge in [0.1, 0.15) is 36.0 Å². The summed E-state index contributed by atoms with van der Waals surface area (Å²) in [6.07, 6.45) is -5.92. The molecule has 0 radical (unpaired) electrons. The molecule has 1 heterocycles. The Bertz CT molecular complexity index is 1870. The maximum atomic E-state index is 13.4. The van der Waals surface area contributed by atoms with Crippen molar-refractivity contribution in [1.29, 1.82) is 0 Å². The van der Waals surface area contributed by atoms with Crippen molar-refractivity contribution in [2.45, 2.75) is 84.7 Å². The number of aliphatic hydroxyl groups is 3. The third-order valence-electron chi connectivity index (χ3n) is 7.49. The molecule has 3 aromatic carbocycles. The number of alkyl halides is 3. The molecule has 13 nitrogen and oxygen atoms in total. The van der Waals surface area contributed by atoms with Gasteiger partial charge in [-0.25, -0.2) is 4.79 Å². The van der Waals surface area contributed by atoms with Crippen molar-refractivity contribution in [1.82, 2.24) is 0 Å². The van der Waals surface area contributed by atoms with Crippen LogP contribution in [-0.4, -0.2) is 84.2 Å². The molecular weight excluding hydrogens is 840 g/mol. The lowest BCUT2D eigenvalue weighted by atomic mass is 9.97. The summed E-state index contributed by atoms with van der Waals surface area (Å²) in [5, 5.41) is 43.9. The molecular formula is C42H47Cl2F3O13. The second-order valence-corrected chi connectivity index (χ2v) is 13.0. The third-order valence-corrected chi connectivity index (χ3v) is 7.93. The van der Waals surface area contributed by atoms with Crippen molar-refractivity contribution < 1.29 is 76.9 Å². The number of aromatic hydroxyl groups is 1. The number of aryl methyl sites for hydroxylation is 1. The molecule has 1 aliphatic rings. The number of hydrogen-bond donors (Lipinski definition) is 5. The van der Waals surface area contributed by atoms with E-state index in [4.69, 9.17) is 19.7 Å². The van der Waals surface area contributed by atoms with Gasteiger partial charge in [0.05, 0.1) is 12.7 Å². The second-order valence-electron chi connectivity index (χ2n) is 12.3. The van der Waals surface area contributed by atoms with Crippen LogP contribution in [0.1, 0.15) is 72.6 Å². The molecule has 0 aliphatic carbocycles. The Morgan fingerprint density at radius 1 is 0.867 bits per heavy atom. The number of carboxylic acid groups (broad SMARTS) is 1. The highest BCUT2D eigenvalue weighted by Gasteiger charge is 2.43. The summed E-state index contributed by atoms with van der Waals surface area (Å²) in [5.74, 6) is -5.98. The van der Waals surface area contributed by atoms with Gasteiger partial charge in [0.2, 0.25) is 0 Å². The number of aliphatic carboxylic acids is 1. The molecule has 0 amide bonds. The molecule has 4 atom stereocenters. The summed E-state index contributed by atoms with van der Waals surface area (Å²) >= 11 is 8.98. The van der Waals surface area contributed by atoms with Crippen LogP contribution in [0.3, 0.4) is 0 Å². The first-order chi connectivity index (χ1) is 28.1. The maximum absolute atomic E-state index is 13.4. The smallest absolute Gasteiger partial charge is 0.398 e. The van der Waals surface area contributed by atoms with Gasteiger partial charge in [-0.2, -0.15) is 13.2 Å². The van der Waals surface area contributed by atoms with E-state index in [0.29, 0.717) is 30.7 Å². The van der Waals surface area contributed by atoms with Crippen LogP contribution in [0.25, 0.3) is 6.08 Å². The van der Waals surface area contributed by atoms with E-state index in [1.165, 1.54) is 24.3 Å². The molecule has 0 saturated carbocycles. The lowest BCUT2D eigenvalue weighted by Crippen LogP contribution is -2.36. The standard InChI is InChI=1S/C20H21F3O6.C10H12O2.C7H8O.C3H6O2.C2Cl2O2/c1-10-8-12-4-3-5-14(24)18(27)15(25)7-6-13(20(21,22)23)11(2)29-19(28)17(12)16(26)9-10;1-2-10(11)12-8-9-6-4-3-5-7-9;8-6-7-4-2-1-3-5-7;1-2-3(4)5;3-1(5)2(4)6/h3-4,6-9,11,13-14,18,24,26-27H,5H2,1-2H3;3-7H,2,8H2,1H3;1-5,8H,6H2;2H2,1H3,(H,4,5);/b4-3+,7-6-;;;;/t11?,13?,14-,18?;;;;/m0..../s1. The van der Waals surface area contributed by atoms with E-state index < -0.39 is 64.4 Å². The van der Waals surface area contributed by atoms with Crippen LogP contribution in [0, 0.1) is 12.8 Å². The minimum absolute atomic E-state index is 0.140. The number of cyclic esters (lactones) is 1. The van der Waals surface area contributed by atoms with Crippen molar-refractivity contribution in [2.75, 3.05) is 0 Å². The molecule has 5 N–H and O–H groups in total. The van der Waals surface area contributed by atoms with E-state index in [9.17, 15) is 57.3 Å². The van der Waals surface area contributed by atoms with Crippen molar-refractivity contribution in [3.8, 4) is 5.75 Å². The maximum Gasteiger partial charge on any atom is 0.398 e. The molecule has 0 bridgehead atoms. The van der Waals surface area contributed by atoms with E-state index >= 15 is 0 Å². The number of fused-ring (bicyclic) bond motifs is 1.